The number of amides is 1. The average molecular weight is 462 g/mol. The van der Waals surface area contributed by atoms with Gasteiger partial charge in [-0.15, -0.1) is 5.10 Å². The fourth-order valence-corrected chi connectivity index (χ4v) is 3.86. The number of aryl methyl sites for hydroxylation is 1. The number of fused-ring (bicyclic) bond motifs is 3. The summed E-state index contributed by atoms with van der Waals surface area (Å²) in [5.74, 6) is -1.55. The zero-order valence-electron chi connectivity index (χ0n) is 17.4. The fraction of sp³-hybridized carbons (Fsp3) is 0.0833. The van der Waals surface area contributed by atoms with Crippen molar-refractivity contribution >= 4 is 39.9 Å². The number of benzene rings is 3. The Labute approximate surface area is 192 Å². The number of anilines is 1. The van der Waals surface area contributed by atoms with Gasteiger partial charge < -0.3 is 5.32 Å². The molecule has 5 aromatic rings. The van der Waals surface area contributed by atoms with Crippen LogP contribution in [0.1, 0.15) is 21.7 Å². The van der Waals surface area contributed by atoms with Crippen LogP contribution in [0.2, 0.25) is 5.02 Å². The van der Waals surface area contributed by atoms with E-state index in [2.05, 4.69) is 15.4 Å². The number of nitrogens with zero attached hydrogens (tertiary/aromatic N) is 4. The molecule has 0 aliphatic heterocycles. The third-order valence-electron chi connectivity index (χ3n) is 5.30. The van der Waals surface area contributed by atoms with E-state index in [-0.39, 0.29) is 23.7 Å². The van der Waals surface area contributed by atoms with Crippen molar-refractivity contribution in [3.63, 3.8) is 0 Å². The van der Waals surface area contributed by atoms with Crippen LogP contribution in [0.4, 0.5) is 10.1 Å². The van der Waals surface area contributed by atoms with Crippen molar-refractivity contribution in [1.29, 1.82) is 0 Å². The average Bonchev–Trinajstić information content (AvgIpc) is 3.25. The summed E-state index contributed by atoms with van der Waals surface area (Å²) in [6.07, 6.45) is 0. The molecule has 0 bridgehead atoms. The van der Waals surface area contributed by atoms with Crippen LogP contribution in [0.3, 0.4) is 0 Å². The van der Waals surface area contributed by atoms with E-state index in [1.165, 1.54) is 22.7 Å². The van der Waals surface area contributed by atoms with Gasteiger partial charge in [0, 0.05) is 5.02 Å². The van der Waals surface area contributed by atoms with Gasteiger partial charge in [-0.25, -0.2) is 8.91 Å². The molecule has 0 saturated carbocycles. The molecule has 0 atom stereocenters. The lowest BCUT2D eigenvalue weighted by Crippen LogP contribution is -2.24. The first-order valence-electron chi connectivity index (χ1n) is 10.1. The Morgan fingerprint density at radius 1 is 1.06 bits per heavy atom. The molecule has 0 aliphatic carbocycles. The van der Waals surface area contributed by atoms with Crippen LogP contribution in [-0.4, -0.2) is 25.1 Å². The van der Waals surface area contributed by atoms with Gasteiger partial charge in [0.1, 0.15) is 5.82 Å². The van der Waals surface area contributed by atoms with Crippen LogP contribution in [0, 0.1) is 12.7 Å². The predicted molar refractivity (Wildman–Crippen MR) is 124 cm³/mol. The van der Waals surface area contributed by atoms with E-state index in [0.717, 1.165) is 11.1 Å². The Hall–Kier alpha value is -4.04. The number of rotatable bonds is 4. The summed E-state index contributed by atoms with van der Waals surface area (Å²) in [6.45, 7) is 2.14. The fourth-order valence-electron chi connectivity index (χ4n) is 3.67. The van der Waals surface area contributed by atoms with Crippen LogP contribution in [0.5, 0.6) is 0 Å². The summed E-state index contributed by atoms with van der Waals surface area (Å²) in [6, 6.07) is 18.6. The Bertz CT molecular complexity index is 1610. The van der Waals surface area contributed by atoms with Gasteiger partial charge in [0.2, 0.25) is 11.5 Å². The summed E-state index contributed by atoms with van der Waals surface area (Å²) >= 11 is 6.33. The molecular formula is C24H17ClFN5O2. The molecule has 7 nitrogen and oxygen atoms in total. The second kappa shape index (κ2) is 8.14. The lowest BCUT2D eigenvalue weighted by molar-refractivity contribution is 0.101. The highest BCUT2D eigenvalue weighted by Gasteiger charge is 2.20. The number of carbonyl (C=O) groups excluding carboxylic acids is 1. The minimum Gasteiger partial charge on any atom is -0.317 e. The highest BCUT2D eigenvalue weighted by atomic mass is 35.5. The van der Waals surface area contributed by atoms with Crippen molar-refractivity contribution in [2.24, 2.45) is 0 Å². The Balaban J connectivity index is 1.67. The standard InChI is InChI=1S/C24H17ClFN5O2/c1-14-10-11-19-20(12-14)30(13-15-6-2-3-7-16(15)25)24(33)22-28-21(29-31(19)22)23(32)27-18-9-5-4-8-17(18)26/h2-12H,13H2,1H3,(H,27,32). The second-order valence-electron chi connectivity index (χ2n) is 7.58. The topological polar surface area (TPSA) is 81.3 Å². The molecule has 2 heterocycles. The zero-order chi connectivity index (χ0) is 23.1. The van der Waals surface area contributed by atoms with Crippen molar-refractivity contribution in [2.45, 2.75) is 13.5 Å². The monoisotopic (exact) mass is 461 g/mol. The number of aromatic nitrogens is 4. The van der Waals surface area contributed by atoms with Crippen molar-refractivity contribution in [1.82, 2.24) is 19.2 Å². The molecule has 1 N–H and O–H groups in total. The lowest BCUT2D eigenvalue weighted by atomic mass is 10.2. The molecule has 1 amide bonds. The zero-order valence-corrected chi connectivity index (χ0v) is 18.2. The number of hydrogen-bond donors (Lipinski definition) is 1. The largest absolute Gasteiger partial charge is 0.317 e. The van der Waals surface area contributed by atoms with Gasteiger partial charge in [0.05, 0.1) is 23.3 Å². The molecular weight excluding hydrogens is 445 g/mol. The van der Waals surface area contributed by atoms with Crippen molar-refractivity contribution in [3.8, 4) is 0 Å². The first kappa shape index (κ1) is 20.8. The Morgan fingerprint density at radius 3 is 2.61 bits per heavy atom. The molecule has 0 saturated heterocycles. The molecule has 164 valence electrons. The number of para-hydroxylation sites is 1. The van der Waals surface area contributed by atoms with Gasteiger partial charge >= 0.3 is 0 Å². The SMILES string of the molecule is Cc1ccc2c(c1)n(Cc1ccccc1Cl)c(=O)c1nc(C(=O)Nc3ccccc3F)nn12. The third-order valence-corrected chi connectivity index (χ3v) is 5.67. The minimum absolute atomic E-state index is 0.00188. The molecule has 9 heteroatoms. The molecule has 0 fully saturated rings. The number of hydrogen-bond acceptors (Lipinski definition) is 4. The molecule has 5 rings (SSSR count). The molecule has 0 unspecified atom stereocenters. The van der Waals surface area contributed by atoms with Gasteiger partial charge in [-0.05, 0) is 48.4 Å². The quantitative estimate of drug-likeness (QED) is 0.429. The second-order valence-corrected chi connectivity index (χ2v) is 7.99. The van der Waals surface area contributed by atoms with Crippen LogP contribution in [0.25, 0.3) is 16.7 Å². The summed E-state index contributed by atoms with van der Waals surface area (Å²) < 4.78 is 16.9. The summed E-state index contributed by atoms with van der Waals surface area (Å²) in [7, 11) is 0. The van der Waals surface area contributed by atoms with Gasteiger partial charge in [-0.3, -0.25) is 14.2 Å². The normalized spacial score (nSPS) is 11.2. The maximum atomic E-state index is 13.9. The van der Waals surface area contributed by atoms with E-state index in [4.69, 9.17) is 11.6 Å². The lowest BCUT2D eigenvalue weighted by Gasteiger charge is -2.13. The van der Waals surface area contributed by atoms with Crippen molar-refractivity contribution < 1.29 is 9.18 Å². The molecule has 33 heavy (non-hydrogen) atoms. The van der Waals surface area contributed by atoms with Crippen LogP contribution in [-0.2, 0) is 6.54 Å². The first-order chi connectivity index (χ1) is 15.9. The molecule has 0 spiro atoms. The van der Waals surface area contributed by atoms with E-state index in [1.807, 2.05) is 43.3 Å². The summed E-state index contributed by atoms with van der Waals surface area (Å²) in [5.41, 5.74) is 2.50. The van der Waals surface area contributed by atoms with Crippen molar-refractivity contribution in [3.05, 3.63) is 105 Å². The number of nitrogens with one attached hydrogen (secondary N) is 1. The molecule has 3 aromatic carbocycles. The molecule has 2 aromatic heterocycles. The van der Waals surface area contributed by atoms with E-state index in [0.29, 0.717) is 16.1 Å². The molecule has 0 radical (unpaired) electrons. The van der Waals surface area contributed by atoms with Gasteiger partial charge in [-0.1, -0.05) is 48.0 Å². The maximum absolute atomic E-state index is 13.9. The summed E-state index contributed by atoms with van der Waals surface area (Å²) in [4.78, 5) is 30.3. The number of carbonyl (C=O) groups is 1. The van der Waals surface area contributed by atoms with Crippen molar-refractivity contribution in [2.75, 3.05) is 5.32 Å². The van der Waals surface area contributed by atoms with Crippen LogP contribution >= 0.6 is 11.6 Å². The highest BCUT2D eigenvalue weighted by molar-refractivity contribution is 6.31. The van der Waals surface area contributed by atoms with Gasteiger partial charge in [0.15, 0.2) is 0 Å². The predicted octanol–water partition coefficient (Wildman–Crippen LogP) is 4.45. The van der Waals surface area contributed by atoms with E-state index >= 15 is 0 Å². The van der Waals surface area contributed by atoms with Crippen LogP contribution < -0.4 is 10.9 Å². The Morgan fingerprint density at radius 2 is 1.82 bits per heavy atom. The van der Waals surface area contributed by atoms with E-state index < -0.39 is 17.3 Å². The smallest absolute Gasteiger partial charge is 0.296 e. The van der Waals surface area contributed by atoms with E-state index in [9.17, 15) is 14.0 Å². The first-order valence-corrected chi connectivity index (χ1v) is 10.5. The van der Waals surface area contributed by atoms with Gasteiger partial charge in [-0.2, -0.15) is 4.98 Å². The molecule has 0 aliphatic rings. The Kier molecular flexibility index (Phi) is 5.14. The third kappa shape index (κ3) is 3.74. The highest BCUT2D eigenvalue weighted by Crippen LogP contribution is 2.21. The van der Waals surface area contributed by atoms with E-state index in [1.54, 1.807) is 16.7 Å². The minimum atomic E-state index is -0.721. The maximum Gasteiger partial charge on any atom is 0.296 e. The van der Waals surface area contributed by atoms with Gasteiger partial charge in [0.25, 0.3) is 11.5 Å². The number of halogens is 2. The summed E-state index contributed by atoms with van der Waals surface area (Å²) in [5, 5.41) is 7.24. The van der Waals surface area contributed by atoms with Crippen LogP contribution in [0.15, 0.2) is 71.5 Å².